The molecule has 0 radical (unpaired) electrons. The van der Waals surface area contributed by atoms with Crippen LogP contribution in [0.1, 0.15) is 51.6 Å². The Morgan fingerprint density at radius 2 is 1.80 bits per heavy atom. The third kappa shape index (κ3) is 3.19. The zero-order valence-corrected chi connectivity index (χ0v) is 13.7. The highest BCUT2D eigenvalue weighted by molar-refractivity contribution is 6.30. The molecule has 2 unspecified atom stereocenters. The minimum absolute atomic E-state index is 0.167. The summed E-state index contributed by atoms with van der Waals surface area (Å²) in [5.74, 6) is 0. The normalized spacial score (nSPS) is 20.8. The lowest BCUT2D eigenvalue weighted by atomic mass is 9.83. The van der Waals surface area contributed by atoms with Crippen molar-refractivity contribution in [3.63, 3.8) is 0 Å². The molecule has 0 aliphatic carbocycles. The monoisotopic (exact) mass is 294 g/mol. The highest BCUT2D eigenvalue weighted by Crippen LogP contribution is 2.36. The van der Waals surface area contributed by atoms with Crippen LogP contribution in [0.25, 0.3) is 0 Å². The number of benzene rings is 1. The first kappa shape index (κ1) is 15.8. The molecule has 1 aromatic rings. The second-order valence-electron chi connectivity index (χ2n) is 5.95. The molecule has 1 aromatic carbocycles. The second-order valence-corrected chi connectivity index (χ2v) is 6.38. The Bertz CT molecular complexity index is 412. The quantitative estimate of drug-likeness (QED) is 0.843. The van der Waals surface area contributed by atoms with Crippen molar-refractivity contribution in [3.05, 3.63) is 34.9 Å². The van der Waals surface area contributed by atoms with Crippen molar-refractivity contribution in [3.8, 4) is 0 Å². The van der Waals surface area contributed by atoms with Crippen LogP contribution in [-0.2, 0) is 0 Å². The van der Waals surface area contributed by atoms with Gasteiger partial charge in [0.15, 0.2) is 0 Å². The van der Waals surface area contributed by atoms with E-state index in [0.29, 0.717) is 6.04 Å². The van der Waals surface area contributed by atoms with Gasteiger partial charge >= 0.3 is 0 Å². The van der Waals surface area contributed by atoms with Crippen LogP contribution in [0.4, 0.5) is 0 Å². The fourth-order valence-corrected chi connectivity index (χ4v) is 3.52. The predicted molar refractivity (Wildman–Crippen MR) is 87.4 cm³/mol. The van der Waals surface area contributed by atoms with E-state index in [1.807, 2.05) is 12.1 Å². The first-order valence-electron chi connectivity index (χ1n) is 7.85. The molecular weight excluding hydrogens is 268 g/mol. The Kier molecular flexibility index (Phi) is 5.48. The molecule has 1 N–H and O–H groups in total. The molecule has 3 heteroatoms. The molecular formula is C17H27ClN2. The Morgan fingerprint density at radius 3 is 2.30 bits per heavy atom. The summed E-state index contributed by atoms with van der Waals surface area (Å²) in [5.41, 5.74) is 1.51. The summed E-state index contributed by atoms with van der Waals surface area (Å²) in [6, 6.07) is 8.69. The van der Waals surface area contributed by atoms with E-state index in [4.69, 9.17) is 11.6 Å². The minimum atomic E-state index is 0.167. The summed E-state index contributed by atoms with van der Waals surface area (Å²) in [6.07, 6.45) is 3.80. The second kappa shape index (κ2) is 6.93. The van der Waals surface area contributed by atoms with Crippen LogP contribution in [0.2, 0.25) is 5.02 Å². The number of likely N-dealkylation sites (tertiary alicyclic amines) is 1. The number of rotatable bonds is 6. The van der Waals surface area contributed by atoms with Crippen LogP contribution in [0.5, 0.6) is 0 Å². The molecule has 1 heterocycles. The fraction of sp³-hybridized carbons (Fsp3) is 0.647. The molecule has 2 atom stereocenters. The van der Waals surface area contributed by atoms with E-state index in [9.17, 15) is 0 Å². The Hall–Kier alpha value is -0.570. The van der Waals surface area contributed by atoms with Crippen LogP contribution in [0.3, 0.4) is 0 Å². The van der Waals surface area contributed by atoms with Crippen LogP contribution < -0.4 is 5.32 Å². The van der Waals surface area contributed by atoms with Crippen molar-refractivity contribution >= 4 is 11.6 Å². The zero-order valence-electron chi connectivity index (χ0n) is 13.0. The number of nitrogens with zero attached hydrogens (tertiary/aromatic N) is 1. The SMILES string of the molecule is CCNC(c1ccc(Cl)cc1)C(C)(CC)N1CCCC1. The summed E-state index contributed by atoms with van der Waals surface area (Å²) in [5, 5.41) is 4.51. The third-order valence-corrected chi connectivity index (χ3v) is 5.03. The lowest BCUT2D eigenvalue weighted by Crippen LogP contribution is -2.53. The summed E-state index contributed by atoms with van der Waals surface area (Å²) >= 11 is 6.04. The van der Waals surface area contributed by atoms with Gasteiger partial charge in [0, 0.05) is 10.6 Å². The highest BCUT2D eigenvalue weighted by Gasteiger charge is 2.39. The average Bonchev–Trinajstić information content (AvgIpc) is 3.00. The Morgan fingerprint density at radius 1 is 1.20 bits per heavy atom. The van der Waals surface area contributed by atoms with E-state index in [-0.39, 0.29) is 5.54 Å². The standard InChI is InChI=1S/C17H27ClN2/c1-4-17(3,20-12-6-7-13-20)16(19-5-2)14-8-10-15(18)11-9-14/h8-11,16,19H,4-7,12-13H2,1-3H3. The molecule has 112 valence electrons. The predicted octanol–water partition coefficient (Wildman–Crippen LogP) is 4.26. The maximum Gasteiger partial charge on any atom is 0.0504 e. The lowest BCUT2D eigenvalue weighted by molar-refractivity contribution is 0.0846. The number of nitrogens with one attached hydrogen (secondary N) is 1. The smallest absolute Gasteiger partial charge is 0.0504 e. The molecule has 0 spiro atoms. The van der Waals surface area contributed by atoms with E-state index >= 15 is 0 Å². The van der Waals surface area contributed by atoms with Gasteiger partial charge in [-0.05, 0) is 63.5 Å². The maximum absolute atomic E-state index is 6.04. The van der Waals surface area contributed by atoms with Crippen molar-refractivity contribution < 1.29 is 0 Å². The topological polar surface area (TPSA) is 15.3 Å². The molecule has 1 saturated heterocycles. The van der Waals surface area contributed by atoms with Crippen molar-refractivity contribution in [1.82, 2.24) is 10.2 Å². The van der Waals surface area contributed by atoms with E-state index in [1.165, 1.54) is 31.5 Å². The Balaban J connectivity index is 2.31. The summed E-state index contributed by atoms with van der Waals surface area (Å²) in [6.45, 7) is 10.3. The lowest BCUT2D eigenvalue weighted by Gasteiger charge is -2.45. The van der Waals surface area contributed by atoms with Gasteiger partial charge in [0.2, 0.25) is 0 Å². The van der Waals surface area contributed by atoms with Gasteiger partial charge in [-0.25, -0.2) is 0 Å². The highest BCUT2D eigenvalue weighted by atomic mass is 35.5. The molecule has 1 fully saturated rings. The summed E-state index contributed by atoms with van der Waals surface area (Å²) in [4.78, 5) is 2.66. The van der Waals surface area contributed by atoms with E-state index in [2.05, 4.69) is 43.1 Å². The molecule has 0 aromatic heterocycles. The number of likely N-dealkylation sites (N-methyl/N-ethyl adjacent to an activating group) is 1. The average molecular weight is 295 g/mol. The van der Waals surface area contributed by atoms with Crippen molar-refractivity contribution in [2.45, 2.75) is 51.6 Å². The van der Waals surface area contributed by atoms with Crippen molar-refractivity contribution in [2.24, 2.45) is 0 Å². The number of halogens is 1. The summed E-state index contributed by atoms with van der Waals surface area (Å²) < 4.78 is 0. The molecule has 20 heavy (non-hydrogen) atoms. The van der Waals surface area contributed by atoms with Crippen molar-refractivity contribution in [1.29, 1.82) is 0 Å². The van der Waals surface area contributed by atoms with E-state index in [0.717, 1.165) is 18.0 Å². The number of hydrogen-bond donors (Lipinski definition) is 1. The fourth-order valence-electron chi connectivity index (χ4n) is 3.39. The molecule has 0 amide bonds. The van der Waals surface area contributed by atoms with Gasteiger partial charge in [-0.15, -0.1) is 0 Å². The van der Waals surface area contributed by atoms with Crippen LogP contribution >= 0.6 is 11.6 Å². The van der Waals surface area contributed by atoms with Gasteiger partial charge in [-0.1, -0.05) is 37.6 Å². The first-order chi connectivity index (χ1) is 9.61. The van der Waals surface area contributed by atoms with E-state index < -0.39 is 0 Å². The van der Waals surface area contributed by atoms with Gasteiger partial charge in [0.1, 0.15) is 0 Å². The largest absolute Gasteiger partial charge is 0.309 e. The van der Waals surface area contributed by atoms with Crippen molar-refractivity contribution in [2.75, 3.05) is 19.6 Å². The number of hydrogen-bond acceptors (Lipinski definition) is 2. The van der Waals surface area contributed by atoms with Gasteiger partial charge in [0.25, 0.3) is 0 Å². The van der Waals surface area contributed by atoms with E-state index in [1.54, 1.807) is 0 Å². The molecule has 0 saturated carbocycles. The van der Waals surface area contributed by atoms with Crippen LogP contribution in [-0.4, -0.2) is 30.1 Å². The molecule has 1 aliphatic rings. The molecule has 1 aliphatic heterocycles. The van der Waals surface area contributed by atoms with Crippen LogP contribution in [0, 0.1) is 0 Å². The zero-order chi connectivity index (χ0) is 14.6. The molecule has 2 nitrogen and oxygen atoms in total. The minimum Gasteiger partial charge on any atom is -0.309 e. The van der Waals surface area contributed by atoms with Gasteiger partial charge < -0.3 is 5.32 Å². The third-order valence-electron chi connectivity index (χ3n) is 4.78. The molecule has 2 rings (SSSR count). The summed E-state index contributed by atoms with van der Waals surface area (Å²) in [7, 11) is 0. The van der Waals surface area contributed by atoms with Gasteiger partial charge in [0.05, 0.1) is 6.04 Å². The first-order valence-corrected chi connectivity index (χ1v) is 8.23. The van der Waals surface area contributed by atoms with Crippen LogP contribution in [0.15, 0.2) is 24.3 Å². The molecule has 0 bridgehead atoms. The maximum atomic E-state index is 6.04. The van der Waals surface area contributed by atoms with Gasteiger partial charge in [-0.3, -0.25) is 4.90 Å². The Labute approximate surface area is 128 Å². The van der Waals surface area contributed by atoms with Gasteiger partial charge in [-0.2, -0.15) is 0 Å².